The molecule has 2 aromatic rings. The number of nitrogens with one attached hydrogen (secondary N) is 2. The standard InChI is InChI=1S/C20H23ClN2O4/c1-14-6-3-4-7-17(14)27-13-20(25)23-22-19(24)8-5-11-26-18-10-9-16(21)12-15(18)2/h3-4,6-7,9-10,12H,5,8,11,13H2,1-2H3,(H,22,24)(H,23,25). The maximum atomic E-state index is 11.8. The third-order valence-electron chi connectivity index (χ3n) is 3.74. The number of amides is 2. The number of benzene rings is 2. The van der Waals surface area contributed by atoms with Crippen LogP contribution in [0.5, 0.6) is 11.5 Å². The zero-order valence-electron chi connectivity index (χ0n) is 15.4. The SMILES string of the molecule is Cc1cc(Cl)ccc1OCCCC(=O)NNC(=O)COc1ccccc1C. The van der Waals surface area contributed by atoms with Gasteiger partial charge >= 0.3 is 0 Å². The van der Waals surface area contributed by atoms with Crippen molar-refractivity contribution in [2.24, 2.45) is 0 Å². The fraction of sp³-hybridized carbons (Fsp3) is 0.300. The maximum Gasteiger partial charge on any atom is 0.276 e. The van der Waals surface area contributed by atoms with Gasteiger partial charge in [0, 0.05) is 11.4 Å². The molecule has 0 heterocycles. The van der Waals surface area contributed by atoms with Gasteiger partial charge in [0.1, 0.15) is 11.5 Å². The molecule has 0 aromatic heterocycles. The molecular weight excluding hydrogens is 368 g/mol. The van der Waals surface area contributed by atoms with Gasteiger partial charge < -0.3 is 9.47 Å². The number of ether oxygens (including phenoxy) is 2. The summed E-state index contributed by atoms with van der Waals surface area (Å²) >= 11 is 5.89. The molecule has 0 atom stereocenters. The summed E-state index contributed by atoms with van der Waals surface area (Å²) in [6.45, 7) is 4.01. The molecule has 0 aliphatic carbocycles. The second-order valence-electron chi connectivity index (χ2n) is 6.01. The number of carbonyl (C=O) groups is 2. The Morgan fingerprint density at radius 2 is 1.63 bits per heavy atom. The van der Waals surface area contributed by atoms with Crippen LogP contribution in [-0.4, -0.2) is 25.0 Å². The van der Waals surface area contributed by atoms with Crippen molar-refractivity contribution in [1.82, 2.24) is 10.9 Å². The zero-order chi connectivity index (χ0) is 19.6. The largest absolute Gasteiger partial charge is 0.493 e. The lowest BCUT2D eigenvalue weighted by Gasteiger charge is -2.11. The predicted octanol–water partition coefficient (Wildman–Crippen LogP) is 3.34. The molecule has 27 heavy (non-hydrogen) atoms. The van der Waals surface area contributed by atoms with E-state index < -0.39 is 5.91 Å². The molecule has 0 spiro atoms. The van der Waals surface area contributed by atoms with Crippen LogP contribution in [0.1, 0.15) is 24.0 Å². The highest BCUT2D eigenvalue weighted by atomic mass is 35.5. The average molecular weight is 391 g/mol. The molecule has 144 valence electrons. The zero-order valence-corrected chi connectivity index (χ0v) is 16.1. The van der Waals surface area contributed by atoms with Crippen molar-refractivity contribution < 1.29 is 19.1 Å². The molecule has 2 N–H and O–H groups in total. The van der Waals surface area contributed by atoms with E-state index in [9.17, 15) is 9.59 Å². The van der Waals surface area contributed by atoms with E-state index in [4.69, 9.17) is 21.1 Å². The molecule has 0 bridgehead atoms. The highest BCUT2D eigenvalue weighted by Crippen LogP contribution is 2.21. The Morgan fingerprint density at radius 3 is 2.37 bits per heavy atom. The van der Waals surface area contributed by atoms with E-state index in [1.54, 1.807) is 18.2 Å². The third kappa shape index (κ3) is 7.19. The van der Waals surface area contributed by atoms with Crippen molar-refractivity contribution in [3.8, 4) is 11.5 Å². The van der Waals surface area contributed by atoms with Crippen molar-refractivity contribution in [2.45, 2.75) is 26.7 Å². The lowest BCUT2D eigenvalue weighted by molar-refractivity contribution is -0.130. The fourth-order valence-corrected chi connectivity index (χ4v) is 2.52. The van der Waals surface area contributed by atoms with Gasteiger partial charge in [0.15, 0.2) is 6.61 Å². The molecule has 0 fully saturated rings. The minimum absolute atomic E-state index is 0.176. The van der Waals surface area contributed by atoms with Gasteiger partial charge in [0.25, 0.3) is 5.91 Å². The number of aryl methyl sites for hydroxylation is 2. The van der Waals surface area contributed by atoms with Crippen LogP contribution in [-0.2, 0) is 9.59 Å². The Morgan fingerprint density at radius 1 is 0.926 bits per heavy atom. The molecule has 2 aromatic carbocycles. The molecule has 0 aliphatic rings. The van der Waals surface area contributed by atoms with Gasteiger partial charge in [0.2, 0.25) is 5.91 Å². The molecule has 6 nitrogen and oxygen atoms in total. The minimum Gasteiger partial charge on any atom is -0.493 e. The van der Waals surface area contributed by atoms with Crippen LogP contribution in [0.4, 0.5) is 0 Å². The fourth-order valence-electron chi connectivity index (χ4n) is 2.29. The Balaban J connectivity index is 1.60. The van der Waals surface area contributed by atoms with Gasteiger partial charge in [-0.15, -0.1) is 0 Å². The Kier molecular flexibility index (Phi) is 7.95. The van der Waals surface area contributed by atoms with Gasteiger partial charge in [-0.25, -0.2) is 0 Å². The lowest BCUT2D eigenvalue weighted by atomic mass is 10.2. The van der Waals surface area contributed by atoms with E-state index in [-0.39, 0.29) is 18.9 Å². The van der Waals surface area contributed by atoms with Crippen LogP contribution < -0.4 is 20.3 Å². The first-order valence-corrected chi connectivity index (χ1v) is 8.98. The van der Waals surface area contributed by atoms with Gasteiger partial charge in [-0.3, -0.25) is 20.4 Å². The maximum absolute atomic E-state index is 11.8. The van der Waals surface area contributed by atoms with E-state index in [2.05, 4.69) is 10.9 Å². The molecular formula is C20H23ClN2O4. The summed E-state index contributed by atoms with van der Waals surface area (Å²) in [5.41, 5.74) is 6.56. The average Bonchev–Trinajstić information content (AvgIpc) is 2.64. The van der Waals surface area contributed by atoms with E-state index in [0.717, 1.165) is 16.9 Å². The lowest BCUT2D eigenvalue weighted by Crippen LogP contribution is -2.43. The Bertz CT molecular complexity index is 795. The normalized spacial score (nSPS) is 10.2. The number of rotatable bonds is 8. The van der Waals surface area contributed by atoms with Crippen molar-refractivity contribution in [3.63, 3.8) is 0 Å². The molecule has 0 radical (unpaired) electrons. The number of carbonyl (C=O) groups excluding carboxylic acids is 2. The predicted molar refractivity (Wildman–Crippen MR) is 104 cm³/mol. The molecule has 7 heteroatoms. The van der Waals surface area contributed by atoms with Crippen LogP contribution in [0.15, 0.2) is 42.5 Å². The highest BCUT2D eigenvalue weighted by Gasteiger charge is 2.07. The van der Waals surface area contributed by atoms with Crippen molar-refractivity contribution in [1.29, 1.82) is 0 Å². The van der Waals surface area contributed by atoms with E-state index in [1.165, 1.54) is 0 Å². The van der Waals surface area contributed by atoms with Crippen LogP contribution in [0.3, 0.4) is 0 Å². The van der Waals surface area contributed by atoms with Gasteiger partial charge in [-0.2, -0.15) is 0 Å². The van der Waals surface area contributed by atoms with Gasteiger partial charge in [-0.05, 0) is 55.7 Å². The summed E-state index contributed by atoms with van der Waals surface area (Å²) in [4.78, 5) is 23.5. The van der Waals surface area contributed by atoms with Gasteiger partial charge in [-0.1, -0.05) is 29.8 Å². The summed E-state index contributed by atoms with van der Waals surface area (Å²) in [7, 11) is 0. The van der Waals surface area contributed by atoms with Crippen LogP contribution in [0.2, 0.25) is 5.02 Å². The molecule has 0 aliphatic heterocycles. The molecule has 0 saturated heterocycles. The number of para-hydroxylation sites is 1. The van der Waals surface area contributed by atoms with Crippen molar-refractivity contribution >= 4 is 23.4 Å². The first-order chi connectivity index (χ1) is 13.0. The van der Waals surface area contributed by atoms with Crippen molar-refractivity contribution in [3.05, 3.63) is 58.6 Å². The molecule has 0 saturated carbocycles. The monoisotopic (exact) mass is 390 g/mol. The number of hydrogen-bond donors (Lipinski definition) is 2. The summed E-state index contributed by atoms with van der Waals surface area (Å²) in [5.74, 6) is 0.644. The van der Waals surface area contributed by atoms with Crippen LogP contribution >= 0.6 is 11.6 Å². The van der Waals surface area contributed by atoms with Crippen molar-refractivity contribution in [2.75, 3.05) is 13.2 Å². The van der Waals surface area contributed by atoms with Crippen LogP contribution in [0.25, 0.3) is 0 Å². The van der Waals surface area contributed by atoms with E-state index in [0.29, 0.717) is 23.8 Å². The topological polar surface area (TPSA) is 76.7 Å². The van der Waals surface area contributed by atoms with E-state index >= 15 is 0 Å². The Labute approximate surface area is 163 Å². The summed E-state index contributed by atoms with van der Waals surface area (Å²) in [5, 5.41) is 0.654. The molecule has 0 unspecified atom stereocenters. The molecule has 2 rings (SSSR count). The summed E-state index contributed by atoms with van der Waals surface area (Å²) < 4.78 is 11.0. The number of hydrazine groups is 1. The minimum atomic E-state index is -0.431. The smallest absolute Gasteiger partial charge is 0.276 e. The second-order valence-corrected chi connectivity index (χ2v) is 6.45. The second kappa shape index (κ2) is 10.4. The first-order valence-electron chi connectivity index (χ1n) is 8.61. The highest BCUT2D eigenvalue weighted by molar-refractivity contribution is 6.30. The quantitative estimate of drug-likeness (QED) is 0.535. The van der Waals surface area contributed by atoms with Gasteiger partial charge in [0.05, 0.1) is 6.61 Å². The van der Waals surface area contributed by atoms with Crippen LogP contribution in [0, 0.1) is 13.8 Å². The number of hydrogen-bond acceptors (Lipinski definition) is 4. The Hall–Kier alpha value is -2.73. The third-order valence-corrected chi connectivity index (χ3v) is 3.97. The van der Waals surface area contributed by atoms with E-state index in [1.807, 2.05) is 38.1 Å². The summed E-state index contributed by atoms with van der Waals surface area (Å²) in [6.07, 6.45) is 0.745. The first kappa shape index (κ1) is 20.6. The summed E-state index contributed by atoms with van der Waals surface area (Å²) in [6, 6.07) is 12.8. The number of halogens is 1. The molecule has 2 amide bonds.